The highest BCUT2D eigenvalue weighted by atomic mass is 35.5. The SMILES string of the molecule is CCc1ccccc1N1C[C@H](c2nc3ccccc3n2CCCOc2ccccc2Cl)CC1=O. The molecular formula is C28H28ClN3O2. The number of aromatic nitrogens is 2. The summed E-state index contributed by atoms with van der Waals surface area (Å²) in [5, 5.41) is 0.619. The van der Waals surface area contributed by atoms with Crippen molar-refractivity contribution in [2.45, 2.75) is 38.6 Å². The minimum atomic E-state index is 0.0503. The van der Waals surface area contributed by atoms with Gasteiger partial charge in [-0.3, -0.25) is 4.79 Å². The number of carbonyl (C=O) groups is 1. The summed E-state index contributed by atoms with van der Waals surface area (Å²) in [7, 11) is 0. The first-order chi connectivity index (χ1) is 16.7. The molecule has 1 atom stereocenters. The van der Waals surface area contributed by atoms with E-state index in [0.717, 1.165) is 41.9 Å². The largest absolute Gasteiger partial charge is 0.492 e. The summed E-state index contributed by atoms with van der Waals surface area (Å²) >= 11 is 6.21. The number of rotatable bonds is 8. The molecule has 3 aromatic carbocycles. The zero-order valence-electron chi connectivity index (χ0n) is 19.3. The van der Waals surface area contributed by atoms with E-state index in [0.29, 0.717) is 30.3 Å². The van der Waals surface area contributed by atoms with Crippen molar-refractivity contribution in [3.63, 3.8) is 0 Å². The smallest absolute Gasteiger partial charge is 0.227 e. The Bertz CT molecular complexity index is 1320. The Labute approximate surface area is 204 Å². The van der Waals surface area contributed by atoms with Crippen LogP contribution in [-0.2, 0) is 17.8 Å². The topological polar surface area (TPSA) is 47.4 Å². The number of amides is 1. The molecule has 0 bridgehead atoms. The number of halogens is 1. The Kier molecular flexibility index (Phi) is 6.54. The van der Waals surface area contributed by atoms with E-state index in [4.69, 9.17) is 21.3 Å². The molecule has 1 fully saturated rings. The van der Waals surface area contributed by atoms with Gasteiger partial charge >= 0.3 is 0 Å². The predicted molar refractivity (Wildman–Crippen MR) is 137 cm³/mol. The van der Waals surface area contributed by atoms with Gasteiger partial charge in [-0.05, 0) is 48.7 Å². The van der Waals surface area contributed by atoms with Crippen LogP contribution in [-0.4, -0.2) is 28.6 Å². The van der Waals surface area contributed by atoms with Crippen LogP contribution < -0.4 is 9.64 Å². The van der Waals surface area contributed by atoms with Crippen molar-refractivity contribution >= 4 is 34.2 Å². The third-order valence-electron chi connectivity index (χ3n) is 6.46. The van der Waals surface area contributed by atoms with Gasteiger partial charge in [0.25, 0.3) is 0 Å². The summed E-state index contributed by atoms with van der Waals surface area (Å²) < 4.78 is 8.16. The van der Waals surface area contributed by atoms with Gasteiger partial charge in [-0.15, -0.1) is 0 Å². The predicted octanol–water partition coefficient (Wildman–Crippen LogP) is 6.24. The molecule has 0 N–H and O–H groups in total. The van der Waals surface area contributed by atoms with Crippen molar-refractivity contribution in [2.24, 2.45) is 0 Å². The second-order valence-electron chi connectivity index (χ2n) is 8.63. The number of benzene rings is 3. The van der Waals surface area contributed by atoms with Crippen molar-refractivity contribution in [3.05, 3.63) is 89.2 Å². The van der Waals surface area contributed by atoms with Crippen LogP contribution in [0.15, 0.2) is 72.8 Å². The first-order valence-electron chi connectivity index (χ1n) is 11.9. The summed E-state index contributed by atoms with van der Waals surface area (Å²) in [6.07, 6.45) is 2.17. The lowest BCUT2D eigenvalue weighted by Gasteiger charge is -2.20. The molecular weight excluding hydrogens is 446 g/mol. The number of imidazole rings is 1. The van der Waals surface area contributed by atoms with E-state index in [9.17, 15) is 4.79 Å². The Hall–Kier alpha value is -3.31. The number of para-hydroxylation sites is 4. The van der Waals surface area contributed by atoms with E-state index < -0.39 is 0 Å². The Balaban J connectivity index is 1.37. The van der Waals surface area contributed by atoms with Gasteiger partial charge in [0.2, 0.25) is 5.91 Å². The van der Waals surface area contributed by atoms with Crippen LogP contribution in [0.3, 0.4) is 0 Å². The number of ether oxygens (including phenoxy) is 1. The molecule has 174 valence electrons. The molecule has 0 saturated carbocycles. The van der Waals surface area contributed by atoms with Crippen LogP contribution in [0.4, 0.5) is 5.69 Å². The van der Waals surface area contributed by atoms with E-state index in [1.165, 1.54) is 5.56 Å². The Morgan fingerprint density at radius 3 is 2.65 bits per heavy atom. The standard InChI is InChI=1S/C28H28ClN3O2/c1-2-20-10-3-6-13-24(20)32-19-21(18-27(32)33)28-30-23-12-5-7-14-25(23)31(28)16-9-17-34-26-15-8-4-11-22(26)29/h3-8,10-15,21H,2,9,16-19H2,1H3/t21-/m1/s1. The van der Waals surface area contributed by atoms with Gasteiger partial charge in [-0.1, -0.05) is 61.0 Å². The number of fused-ring (bicyclic) bond motifs is 1. The lowest BCUT2D eigenvalue weighted by molar-refractivity contribution is -0.117. The van der Waals surface area contributed by atoms with Gasteiger partial charge in [-0.25, -0.2) is 4.98 Å². The lowest BCUT2D eigenvalue weighted by atomic mass is 10.1. The fraction of sp³-hybridized carbons (Fsp3) is 0.286. The molecule has 0 spiro atoms. The van der Waals surface area contributed by atoms with Gasteiger partial charge in [0.1, 0.15) is 11.6 Å². The molecule has 0 unspecified atom stereocenters. The second-order valence-corrected chi connectivity index (χ2v) is 9.04. The van der Waals surface area contributed by atoms with Crippen LogP contribution in [0.1, 0.15) is 37.1 Å². The molecule has 5 nitrogen and oxygen atoms in total. The van der Waals surface area contributed by atoms with Crippen LogP contribution >= 0.6 is 11.6 Å². The monoisotopic (exact) mass is 473 g/mol. The number of anilines is 1. The van der Waals surface area contributed by atoms with Gasteiger partial charge in [-0.2, -0.15) is 0 Å². The van der Waals surface area contributed by atoms with E-state index >= 15 is 0 Å². The van der Waals surface area contributed by atoms with E-state index in [1.54, 1.807) is 0 Å². The number of aryl methyl sites for hydroxylation is 2. The fourth-order valence-electron chi connectivity index (χ4n) is 4.79. The van der Waals surface area contributed by atoms with Crippen LogP contribution in [0.25, 0.3) is 11.0 Å². The normalized spacial score (nSPS) is 15.9. The minimum absolute atomic E-state index is 0.0503. The molecule has 1 aliphatic rings. The molecule has 1 saturated heterocycles. The van der Waals surface area contributed by atoms with Crippen molar-refractivity contribution in [1.82, 2.24) is 9.55 Å². The molecule has 1 amide bonds. The van der Waals surface area contributed by atoms with Crippen molar-refractivity contribution in [2.75, 3.05) is 18.1 Å². The van der Waals surface area contributed by atoms with Crippen molar-refractivity contribution in [1.29, 1.82) is 0 Å². The third kappa shape index (κ3) is 4.40. The van der Waals surface area contributed by atoms with Crippen LogP contribution in [0.5, 0.6) is 5.75 Å². The average Bonchev–Trinajstić information content (AvgIpc) is 3.43. The summed E-state index contributed by atoms with van der Waals surface area (Å²) in [6, 6.07) is 23.9. The van der Waals surface area contributed by atoms with Gasteiger partial charge < -0.3 is 14.2 Å². The summed E-state index contributed by atoms with van der Waals surface area (Å²) in [6.45, 7) is 4.09. The quantitative estimate of drug-likeness (QED) is 0.284. The van der Waals surface area contributed by atoms with Gasteiger partial charge in [0.15, 0.2) is 0 Å². The Morgan fingerprint density at radius 1 is 1.03 bits per heavy atom. The number of hydrogen-bond acceptors (Lipinski definition) is 3. The van der Waals surface area contributed by atoms with E-state index in [1.807, 2.05) is 65.6 Å². The highest BCUT2D eigenvalue weighted by Crippen LogP contribution is 2.35. The minimum Gasteiger partial charge on any atom is -0.492 e. The van der Waals surface area contributed by atoms with Gasteiger partial charge in [0.05, 0.1) is 22.7 Å². The van der Waals surface area contributed by atoms with Crippen molar-refractivity contribution in [3.8, 4) is 5.75 Å². The maximum absolute atomic E-state index is 13.1. The number of nitrogens with zero attached hydrogens (tertiary/aromatic N) is 3. The maximum atomic E-state index is 13.1. The van der Waals surface area contributed by atoms with Crippen LogP contribution in [0.2, 0.25) is 5.02 Å². The lowest BCUT2D eigenvalue weighted by Crippen LogP contribution is -2.25. The van der Waals surface area contributed by atoms with Crippen molar-refractivity contribution < 1.29 is 9.53 Å². The highest BCUT2D eigenvalue weighted by Gasteiger charge is 2.35. The molecule has 5 rings (SSSR count). The Morgan fingerprint density at radius 2 is 1.79 bits per heavy atom. The molecule has 1 aliphatic heterocycles. The van der Waals surface area contributed by atoms with E-state index in [-0.39, 0.29) is 11.8 Å². The molecule has 0 aliphatic carbocycles. The molecule has 0 radical (unpaired) electrons. The zero-order valence-corrected chi connectivity index (χ0v) is 20.0. The first-order valence-corrected chi connectivity index (χ1v) is 12.2. The second kappa shape index (κ2) is 9.90. The maximum Gasteiger partial charge on any atom is 0.227 e. The fourth-order valence-corrected chi connectivity index (χ4v) is 4.98. The molecule has 34 heavy (non-hydrogen) atoms. The van der Waals surface area contributed by atoms with E-state index in [2.05, 4.69) is 23.6 Å². The molecule has 1 aromatic heterocycles. The number of hydrogen-bond donors (Lipinski definition) is 0. The molecule has 4 aromatic rings. The number of carbonyl (C=O) groups excluding carboxylic acids is 1. The molecule has 2 heterocycles. The first kappa shape index (κ1) is 22.5. The van der Waals surface area contributed by atoms with Crippen LogP contribution in [0, 0.1) is 0 Å². The van der Waals surface area contributed by atoms with Gasteiger partial charge in [0, 0.05) is 31.1 Å². The summed E-state index contributed by atoms with van der Waals surface area (Å²) in [5.74, 6) is 1.89. The zero-order chi connectivity index (χ0) is 23.5. The molecule has 6 heteroatoms. The summed E-state index contributed by atoms with van der Waals surface area (Å²) in [4.78, 5) is 20.0. The summed E-state index contributed by atoms with van der Waals surface area (Å²) in [5.41, 5.74) is 4.27. The third-order valence-corrected chi connectivity index (χ3v) is 6.77. The highest BCUT2D eigenvalue weighted by molar-refractivity contribution is 6.32. The average molecular weight is 474 g/mol.